The van der Waals surface area contributed by atoms with Gasteiger partial charge in [0.1, 0.15) is 5.65 Å². The lowest BCUT2D eigenvalue weighted by atomic mass is 9.85. The minimum Gasteiger partial charge on any atom is -0.309 e. The van der Waals surface area contributed by atoms with Crippen molar-refractivity contribution < 1.29 is 0 Å². The van der Waals surface area contributed by atoms with E-state index < -0.39 is 0 Å². The van der Waals surface area contributed by atoms with E-state index in [4.69, 9.17) is 4.98 Å². The predicted molar refractivity (Wildman–Crippen MR) is 267 cm³/mol. The van der Waals surface area contributed by atoms with Gasteiger partial charge in [-0.3, -0.25) is 4.40 Å². The number of para-hydroxylation sites is 3. The molecular formula is C59H38N4. The van der Waals surface area contributed by atoms with Crippen LogP contribution in [0.3, 0.4) is 0 Å². The lowest BCUT2D eigenvalue weighted by Gasteiger charge is -2.19. The Kier molecular flexibility index (Phi) is 6.15. The highest BCUT2D eigenvalue weighted by atomic mass is 15.0. The van der Waals surface area contributed by atoms with Gasteiger partial charge in [0.2, 0.25) is 0 Å². The third kappa shape index (κ3) is 4.23. The predicted octanol–water partition coefficient (Wildman–Crippen LogP) is 15.7. The minimum atomic E-state index is -0.0449. The van der Waals surface area contributed by atoms with Crippen LogP contribution in [0, 0.1) is 0 Å². The van der Waals surface area contributed by atoms with Crippen LogP contribution in [0.5, 0.6) is 0 Å². The molecule has 0 saturated carbocycles. The lowest BCUT2D eigenvalue weighted by molar-refractivity contribution is 0.592. The summed E-state index contributed by atoms with van der Waals surface area (Å²) in [4.78, 5) is 5.91. The Hall–Kier alpha value is -7.95. The van der Waals surface area contributed by atoms with Crippen LogP contribution in [-0.4, -0.2) is 18.4 Å². The van der Waals surface area contributed by atoms with Crippen molar-refractivity contribution in [1.29, 1.82) is 0 Å². The summed E-state index contributed by atoms with van der Waals surface area (Å²) in [7, 11) is 0. The number of aromatic nitrogens is 4. The zero-order valence-corrected chi connectivity index (χ0v) is 35.0. The van der Waals surface area contributed by atoms with Crippen molar-refractivity contribution >= 4 is 120 Å². The average molecular weight is 803 g/mol. The SMILES string of the molecule is CC(C)(C)c1cc2c3cc4ccccc4cc3n3c4cc5c6c7ccccc7cc7c8cccc(-c9ccc%10c(c9)c9ccccc9n%10-c9ccccc9)c8n(c5nc4c(c1)c23)c76. The zero-order valence-electron chi connectivity index (χ0n) is 35.0. The highest BCUT2D eigenvalue weighted by Crippen LogP contribution is 2.48. The van der Waals surface area contributed by atoms with Gasteiger partial charge in [-0.25, -0.2) is 4.98 Å². The maximum absolute atomic E-state index is 5.91. The summed E-state index contributed by atoms with van der Waals surface area (Å²) in [6, 6.07) is 65.6. The maximum Gasteiger partial charge on any atom is 0.146 e. The molecule has 0 aliphatic heterocycles. The number of nitrogens with zero attached hydrogens (tertiary/aromatic N) is 4. The van der Waals surface area contributed by atoms with Crippen molar-refractivity contribution in [1.82, 2.24) is 18.4 Å². The Balaban J connectivity index is 1.11. The van der Waals surface area contributed by atoms with Crippen LogP contribution in [0.2, 0.25) is 0 Å². The Bertz CT molecular complexity index is 4460. The summed E-state index contributed by atoms with van der Waals surface area (Å²) in [5.74, 6) is 0. The smallest absolute Gasteiger partial charge is 0.146 e. The molecule has 0 N–H and O–H groups in total. The van der Waals surface area contributed by atoms with E-state index in [1.54, 1.807) is 0 Å². The molecular weight excluding hydrogens is 765 g/mol. The minimum absolute atomic E-state index is 0.0449. The van der Waals surface area contributed by atoms with Crippen molar-refractivity contribution in [3.8, 4) is 16.8 Å². The largest absolute Gasteiger partial charge is 0.309 e. The van der Waals surface area contributed by atoms with Crippen LogP contribution < -0.4 is 0 Å². The second-order valence-corrected chi connectivity index (χ2v) is 18.8. The van der Waals surface area contributed by atoms with Gasteiger partial charge in [0.05, 0.1) is 44.1 Å². The number of hydrogen-bond donors (Lipinski definition) is 0. The molecule has 0 radical (unpaired) electrons. The van der Waals surface area contributed by atoms with E-state index in [2.05, 4.69) is 210 Å². The zero-order chi connectivity index (χ0) is 41.5. The Labute approximate surface area is 361 Å². The standard InChI is InChI=1S/C59H38N4/c1-59(2,3)37-30-46-44-26-33-14-7-8-15-34(33)29-51(44)62-52-32-47-53-39-19-10-9-16-35(39)28-45-42-22-13-21-40(55(42)63(57(45)53)58(47)60-54(52)48(31-37)56(46)62)36-24-25-50-43(27-36)41-20-11-12-23-49(41)61(50)38-17-5-4-6-18-38/h4-32H,1-3H3. The summed E-state index contributed by atoms with van der Waals surface area (Å²) in [6.45, 7) is 6.97. The van der Waals surface area contributed by atoms with Crippen LogP contribution in [0.15, 0.2) is 176 Å². The fourth-order valence-corrected chi connectivity index (χ4v) is 11.5. The molecule has 0 spiro atoms. The Morgan fingerprint density at radius 2 is 1.06 bits per heavy atom. The van der Waals surface area contributed by atoms with Crippen LogP contribution in [0.1, 0.15) is 26.3 Å². The van der Waals surface area contributed by atoms with Gasteiger partial charge in [0.25, 0.3) is 0 Å². The van der Waals surface area contributed by atoms with Gasteiger partial charge >= 0.3 is 0 Å². The van der Waals surface area contributed by atoms with E-state index >= 15 is 0 Å². The molecule has 0 unspecified atom stereocenters. The molecule has 0 amide bonds. The lowest BCUT2D eigenvalue weighted by Crippen LogP contribution is -2.10. The first-order chi connectivity index (χ1) is 30.9. The summed E-state index contributed by atoms with van der Waals surface area (Å²) in [6.07, 6.45) is 0. The van der Waals surface area contributed by atoms with Crippen LogP contribution >= 0.6 is 0 Å². The molecule has 0 atom stereocenters. The summed E-state index contributed by atoms with van der Waals surface area (Å²) in [5, 5.41) is 16.3. The number of fused-ring (bicyclic) bond motifs is 18. The van der Waals surface area contributed by atoms with Crippen molar-refractivity contribution in [2.45, 2.75) is 26.2 Å². The number of hydrogen-bond acceptors (Lipinski definition) is 1. The van der Waals surface area contributed by atoms with Gasteiger partial charge in [-0.2, -0.15) is 0 Å². The van der Waals surface area contributed by atoms with Gasteiger partial charge in [0, 0.05) is 59.7 Å². The van der Waals surface area contributed by atoms with E-state index in [1.165, 1.54) is 120 Å². The van der Waals surface area contributed by atoms with Gasteiger partial charge in [-0.1, -0.05) is 130 Å². The number of pyridine rings is 1. The molecule has 15 rings (SSSR count). The molecule has 0 saturated heterocycles. The summed E-state index contributed by atoms with van der Waals surface area (Å²) >= 11 is 0. The topological polar surface area (TPSA) is 26.6 Å². The van der Waals surface area contributed by atoms with Crippen LogP contribution in [0.25, 0.3) is 137 Å². The first-order valence-corrected chi connectivity index (χ1v) is 22.0. The molecule has 9 aromatic carbocycles. The quantitative estimate of drug-likeness (QED) is 0.171. The number of rotatable bonds is 2. The molecule has 0 aliphatic rings. The molecule has 294 valence electrons. The summed E-state index contributed by atoms with van der Waals surface area (Å²) in [5.41, 5.74) is 15.4. The third-order valence-electron chi connectivity index (χ3n) is 14.3. The third-order valence-corrected chi connectivity index (χ3v) is 14.3. The maximum atomic E-state index is 5.91. The Morgan fingerprint density at radius 1 is 0.397 bits per heavy atom. The monoisotopic (exact) mass is 802 g/mol. The van der Waals surface area contributed by atoms with Crippen LogP contribution in [-0.2, 0) is 5.41 Å². The fraction of sp³-hybridized carbons (Fsp3) is 0.0678. The molecule has 6 aromatic heterocycles. The molecule has 0 fully saturated rings. The van der Waals surface area contributed by atoms with Crippen molar-refractivity contribution in [2.24, 2.45) is 0 Å². The van der Waals surface area contributed by atoms with E-state index in [-0.39, 0.29) is 5.41 Å². The number of benzene rings is 9. The van der Waals surface area contributed by atoms with Crippen LogP contribution in [0.4, 0.5) is 0 Å². The van der Waals surface area contributed by atoms with Gasteiger partial charge < -0.3 is 8.97 Å². The molecule has 15 aromatic rings. The van der Waals surface area contributed by atoms with E-state index in [9.17, 15) is 0 Å². The molecule has 4 nitrogen and oxygen atoms in total. The van der Waals surface area contributed by atoms with E-state index in [0.717, 1.165) is 22.4 Å². The first-order valence-electron chi connectivity index (χ1n) is 22.0. The first kappa shape index (κ1) is 33.7. The van der Waals surface area contributed by atoms with Gasteiger partial charge in [0.15, 0.2) is 0 Å². The molecule has 6 heterocycles. The highest BCUT2D eigenvalue weighted by molar-refractivity contribution is 6.34. The highest BCUT2D eigenvalue weighted by Gasteiger charge is 2.28. The van der Waals surface area contributed by atoms with Crippen molar-refractivity contribution in [3.05, 3.63) is 181 Å². The summed E-state index contributed by atoms with van der Waals surface area (Å²) < 4.78 is 7.42. The molecule has 0 aliphatic carbocycles. The molecule has 63 heavy (non-hydrogen) atoms. The Morgan fingerprint density at radius 3 is 1.90 bits per heavy atom. The molecule has 4 heteroatoms. The van der Waals surface area contributed by atoms with Crippen molar-refractivity contribution in [3.63, 3.8) is 0 Å². The van der Waals surface area contributed by atoms with E-state index in [1.807, 2.05) is 0 Å². The van der Waals surface area contributed by atoms with E-state index in [0.29, 0.717) is 0 Å². The van der Waals surface area contributed by atoms with Crippen molar-refractivity contribution in [2.75, 3.05) is 0 Å². The van der Waals surface area contributed by atoms with Gasteiger partial charge in [-0.05, 0) is 105 Å². The second kappa shape index (κ2) is 11.5. The molecule has 0 bridgehead atoms. The normalized spacial score (nSPS) is 13.0. The van der Waals surface area contributed by atoms with Gasteiger partial charge in [-0.15, -0.1) is 0 Å². The average Bonchev–Trinajstić information content (AvgIpc) is 4.09. The fourth-order valence-electron chi connectivity index (χ4n) is 11.5. The second-order valence-electron chi connectivity index (χ2n) is 18.8.